The van der Waals surface area contributed by atoms with Gasteiger partial charge in [-0.05, 0) is 25.7 Å². The summed E-state index contributed by atoms with van der Waals surface area (Å²) in [4.78, 5) is 24.8. The van der Waals surface area contributed by atoms with Gasteiger partial charge in [0.1, 0.15) is 6.04 Å². The van der Waals surface area contributed by atoms with Crippen LogP contribution in [0.3, 0.4) is 0 Å². The number of nitrogens with two attached hydrogens (primary N) is 1. The number of aliphatic carboxylic acids is 1. The monoisotopic (exact) mass is 238 g/mol. The van der Waals surface area contributed by atoms with E-state index in [0.717, 1.165) is 12.8 Å². The van der Waals surface area contributed by atoms with Crippen LogP contribution in [0.1, 0.15) is 25.7 Å². The van der Waals surface area contributed by atoms with Gasteiger partial charge in [0.15, 0.2) is 0 Å². The Hall–Kier alpha value is -1.36. The van der Waals surface area contributed by atoms with Gasteiger partial charge in [0.2, 0.25) is 5.91 Å². The molecule has 0 spiro atoms. The van der Waals surface area contributed by atoms with Crippen LogP contribution >= 0.6 is 0 Å². The molecule has 17 heavy (non-hydrogen) atoms. The summed E-state index contributed by atoms with van der Waals surface area (Å²) in [5.41, 5.74) is 5.71. The topological polar surface area (TPSA) is 83.6 Å². The van der Waals surface area contributed by atoms with Crippen molar-refractivity contribution >= 4 is 11.9 Å². The normalized spacial score (nSPS) is 32.8. The zero-order valence-corrected chi connectivity index (χ0v) is 9.71. The molecule has 2 aliphatic rings. The first-order chi connectivity index (χ1) is 8.09. The van der Waals surface area contributed by atoms with Crippen molar-refractivity contribution in [3.05, 3.63) is 12.2 Å². The van der Waals surface area contributed by atoms with Crippen molar-refractivity contribution in [2.45, 2.75) is 37.8 Å². The third-order valence-electron chi connectivity index (χ3n) is 3.50. The average molecular weight is 238 g/mol. The van der Waals surface area contributed by atoms with E-state index >= 15 is 0 Å². The number of carboxylic acid groups (broad SMARTS) is 1. The van der Waals surface area contributed by atoms with Crippen LogP contribution in [0, 0.1) is 5.92 Å². The molecule has 0 aromatic heterocycles. The molecule has 94 valence electrons. The molecular formula is C12H18N2O3. The molecule has 2 unspecified atom stereocenters. The Morgan fingerprint density at radius 2 is 2.06 bits per heavy atom. The minimum atomic E-state index is -0.899. The smallest absolute Gasteiger partial charge is 0.326 e. The third-order valence-corrected chi connectivity index (χ3v) is 3.50. The molecule has 0 aromatic rings. The standard InChI is InChI=1S/C12H18N2O3/c13-9-5-4-8(7-9)11(15)14-6-2-1-3-10(14)12(16)17/h4-5,8-10H,1-3,6-7,13H2,(H,16,17)/t8?,9?,10-/m1/s1. The fraction of sp³-hybridized carbons (Fsp3) is 0.667. The number of hydrogen-bond acceptors (Lipinski definition) is 3. The molecule has 5 heteroatoms. The minimum absolute atomic E-state index is 0.0722. The number of nitrogens with zero attached hydrogens (tertiary/aromatic N) is 1. The highest BCUT2D eigenvalue weighted by Gasteiger charge is 2.35. The van der Waals surface area contributed by atoms with E-state index in [2.05, 4.69) is 0 Å². The molecule has 0 saturated carbocycles. The molecule has 1 aliphatic carbocycles. The van der Waals surface area contributed by atoms with Crippen molar-refractivity contribution < 1.29 is 14.7 Å². The fourth-order valence-corrected chi connectivity index (χ4v) is 2.58. The van der Waals surface area contributed by atoms with Crippen LogP contribution in [0.15, 0.2) is 12.2 Å². The molecular weight excluding hydrogens is 220 g/mol. The number of amides is 1. The quantitative estimate of drug-likeness (QED) is 0.680. The lowest BCUT2D eigenvalue weighted by Gasteiger charge is -2.34. The maximum atomic E-state index is 12.2. The van der Waals surface area contributed by atoms with Crippen LogP contribution in [0.2, 0.25) is 0 Å². The van der Waals surface area contributed by atoms with Crippen LogP contribution in [0.4, 0.5) is 0 Å². The summed E-state index contributed by atoms with van der Waals surface area (Å²) >= 11 is 0. The molecule has 0 aromatic carbocycles. The second-order valence-electron chi connectivity index (χ2n) is 4.77. The van der Waals surface area contributed by atoms with E-state index in [-0.39, 0.29) is 17.9 Å². The van der Waals surface area contributed by atoms with E-state index in [1.807, 2.05) is 6.08 Å². The molecule has 1 heterocycles. The maximum Gasteiger partial charge on any atom is 0.326 e. The number of likely N-dealkylation sites (tertiary alicyclic amines) is 1. The Morgan fingerprint density at radius 3 is 2.65 bits per heavy atom. The first kappa shape index (κ1) is 12.1. The van der Waals surface area contributed by atoms with Gasteiger partial charge < -0.3 is 15.7 Å². The van der Waals surface area contributed by atoms with Gasteiger partial charge in [-0.1, -0.05) is 12.2 Å². The maximum absolute atomic E-state index is 12.2. The molecule has 0 radical (unpaired) electrons. The molecule has 0 bridgehead atoms. The van der Waals surface area contributed by atoms with Crippen LogP contribution in [0.25, 0.3) is 0 Å². The molecule has 3 atom stereocenters. The van der Waals surface area contributed by atoms with Crippen molar-refractivity contribution in [3.8, 4) is 0 Å². The summed E-state index contributed by atoms with van der Waals surface area (Å²) in [6.07, 6.45) is 6.55. The van der Waals surface area contributed by atoms with Crippen LogP contribution in [-0.2, 0) is 9.59 Å². The second-order valence-corrected chi connectivity index (χ2v) is 4.77. The predicted octanol–water partition coefficient (Wildman–Crippen LogP) is 0.355. The Labute approximate surface area is 100 Å². The number of carbonyl (C=O) groups excluding carboxylic acids is 1. The number of piperidine rings is 1. The average Bonchev–Trinajstić information content (AvgIpc) is 2.75. The summed E-state index contributed by atoms with van der Waals surface area (Å²) in [7, 11) is 0. The fourth-order valence-electron chi connectivity index (χ4n) is 2.58. The molecule has 5 nitrogen and oxygen atoms in total. The Bertz CT molecular complexity index is 354. The summed E-state index contributed by atoms with van der Waals surface area (Å²) in [6.45, 7) is 0.551. The van der Waals surface area contributed by atoms with Gasteiger partial charge in [0.05, 0.1) is 5.92 Å². The van der Waals surface area contributed by atoms with Gasteiger partial charge >= 0.3 is 5.97 Å². The van der Waals surface area contributed by atoms with Crippen LogP contribution < -0.4 is 5.73 Å². The van der Waals surface area contributed by atoms with Crippen molar-refractivity contribution in [3.63, 3.8) is 0 Å². The van der Waals surface area contributed by atoms with Gasteiger partial charge in [0.25, 0.3) is 0 Å². The second kappa shape index (κ2) is 4.87. The van der Waals surface area contributed by atoms with Gasteiger partial charge in [-0.2, -0.15) is 0 Å². The zero-order valence-electron chi connectivity index (χ0n) is 9.71. The number of carboxylic acids is 1. The van der Waals surface area contributed by atoms with Gasteiger partial charge in [-0.25, -0.2) is 4.79 Å². The Kier molecular flexibility index (Phi) is 3.47. The third kappa shape index (κ3) is 2.49. The molecule has 1 amide bonds. The van der Waals surface area contributed by atoms with Gasteiger partial charge in [0, 0.05) is 12.6 Å². The number of carbonyl (C=O) groups is 2. The van der Waals surface area contributed by atoms with E-state index in [0.29, 0.717) is 19.4 Å². The predicted molar refractivity (Wildman–Crippen MR) is 62.2 cm³/mol. The number of hydrogen-bond donors (Lipinski definition) is 2. The van der Waals surface area contributed by atoms with E-state index in [1.54, 1.807) is 6.08 Å². The SMILES string of the molecule is NC1C=CC(C(=O)N2CCCC[C@@H]2C(=O)O)C1. The summed E-state index contributed by atoms with van der Waals surface area (Å²) < 4.78 is 0. The van der Waals surface area contributed by atoms with Crippen molar-refractivity contribution in [2.75, 3.05) is 6.54 Å². The Morgan fingerprint density at radius 1 is 1.29 bits per heavy atom. The van der Waals surface area contributed by atoms with Crippen molar-refractivity contribution in [1.82, 2.24) is 4.90 Å². The van der Waals surface area contributed by atoms with E-state index in [4.69, 9.17) is 10.8 Å². The lowest BCUT2D eigenvalue weighted by Crippen LogP contribution is -2.49. The van der Waals surface area contributed by atoms with Crippen molar-refractivity contribution in [1.29, 1.82) is 0 Å². The molecule has 2 rings (SSSR count). The van der Waals surface area contributed by atoms with E-state index in [1.165, 1.54) is 4.90 Å². The summed E-state index contributed by atoms with van der Waals surface area (Å²) in [5.74, 6) is -1.21. The summed E-state index contributed by atoms with van der Waals surface area (Å²) in [6, 6.07) is -0.724. The molecule has 3 N–H and O–H groups in total. The lowest BCUT2D eigenvalue weighted by atomic mass is 9.98. The minimum Gasteiger partial charge on any atom is -0.480 e. The summed E-state index contributed by atoms with van der Waals surface area (Å²) in [5, 5.41) is 9.12. The largest absolute Gasteiger partial charge is 0.480 e. The van der Waals surface area contributed by atoms with Crippen LogP contribution in [-0.4, -0.2) is 40.5 Å². The molecule has 1 saturated heterocycles. The highest BCUT2D eigenvalue weighted by atomic mass is 16.4. The highest BCUT2D eigenvalue weighted by Crippen LogP contribution is 2.24. The highest BCUT2D eigenvalue weighted by molar-refractivity contribution is 5.86. The van der Waals surface area contributed by atoms with Gasteiger partial charge in [-0.15, -0.1) is 0 Å². The lowest BCUT2D eigenvalue weighted by molar-refractivity contribution is -0.153. The van der Waals surface area contributed by atoms with Gasteiger partial charge in [-0.3, -0.25) is 4.79 Å². The first-order valence-corrected chi connectivity index (χ1v) is 6.07. The number of rotatable bonds is 2. The van der Waals surface area contributed by atoms with Crippen LogP contribution in [0.5, 0.6) is 0 Å². The van der Waals surface area contributed by atoms with E-state index in [9.17, 15) is 9.59 Å². The first-order valence-electron chi connectivity index (χ1n) is 6.07. The van der Waals surface area contributed by atoms with Crippen molar-refractivity contribution in [2.24, 2.45) is 11.7 Å². The molecule has 1 fully saturated rings. The van der Waals surface area contributed by atoms with E-state index < -0.39 is 12.0 Å². The Balaban J connectivity index is 2.06. The zero-order chi connectivity index (χ0) is 12.4. The molecule has 1 aliphatic heterocycles.